The smallest absolute Gasteiger partial charge is 0.164 e. The van der Waals surface area contributed by atoms with Crippen LogP contribution in [-0.4, -0.2) is 35.8 Å². The van der Waals surface area contributed by atoms with E-state index in [9.17, 15) is 5.11 Å². The summed E-state index contributed by atoms with van der Waals surface area (Å²) < 4.78 is 18.1. The van der Waals surface area contributed by atoms with E-state index < -0.39 is 11.9 Å². The Balaban J connectivity index is 1.64. The van der Waals surface area contributed by atoms with Crippen molar-refractivity contribution >= 4 is 15.9 Å². The second-order valence-electron chi connectivity index (χ2n) is 5.82. The molecule has 5 heteroatoms. The highest BCUT2D eigenvalue weighted by Crippen LogP contribution is 2.43. The first-order valence-corrected chi connectivity index (χ1v) is 7.81. The van der Waals surface area contributed by atoms with Gasteiger partial charge in [-0.1, -0.05) is 46.3 Å². The lowest BCUT2D eigenvalue weighted by Crippen LogP contribution is -2.30. The van der Waals surface area contributed by atoms with E-state index in [4.69, 9.17) is 14.2 Å². The first kappa shape index (κ1) is 15.2. The van der Waals surface area contributed by atoms with E-state index in [1.54, 1.807) is 0 Å². The lowest BCUT2D eigenvalue weighted by molar-refractivity contribution is -0.153. The quantitative estimate of drug-likeness (QED) is 0.902. The van der Waals surface area contributed by atoms with Gasteiger partial charge in [-0.2, -0.15) is 0 Å². The summed E-state index contributed by atoms with van der Waals surface area (Å²) in [4.78, 5) is 0. The zero-order chi connectivity index (χ0) is 15.0. The zero-order valence-electron chi connectivity index (χ0n) is 12.1. The van der Waals surface area contributed by atoms with Crippen molar-refractivity contribution in [1.29, 1.82) is 0 Å². The average molecular weight is 355 g/mol. The highest BCUT2D eigenvalue weighted by atomic mass is 79.9. The van der Waals surface area contributed by atoms with Crippen molar-refractivity contribution in [3.63, 3.8) is 0 Å². The van der Waals surface area contributed by atoms with Gasteiger partial charge in [-0.25, -0.2) is 0 Å². The lowest BCUT2D eigenvalue weighted by Gasteiger charge is -2.20. The van der Waals surface area contributed by atoms with Gasteiger partial charge in [-0.05, 0) is 25.0 Å². The molecular formula is C16H19BrO4. The summed E-state index contributed by atoms with van der Waals surface area (Å²) in [7, 11) is 0. The molecule has 0 radical (unpaired) electrons. The lowest BCUT2D eigenvalue weighted by atomic mass is 10.1. The van der Waals surface area contributed by atoms with Crippen molar-refractivity contribution in [1.82, 2.24) is 0 Å². The van der Waals surface area contributed by atoms with Crippen LogP contribution in [0.25, 0.3) is 0 Å². The van der Waals surface area contributed by atoms with Crippen molar-refractivity contribution < 1.29 is 19.3 Å². The number of rotatable bonds is 4. The third-order valence-corrected chi connectivity index (χ3v) is 4.70. The molecule has 3 atom stereocenters. The summed E-state index contributed by atoms with van der Waals surface area (Å²) >= 11 is 3.44. The predicted molar refractivity (Wildman–Crippen MR) is 81.9 cm³/mol. The molecule has 0 amide bonds. The van der Waals surface area contributed by atoms with Gasteiger partial charge in [0.25, 0.3) is 0 Å². The number of fused-ring (bicyclic) bond motifs is 1. The van der Waals surface area contributed by atoms with Crippen molar-refractivity contribution in [2.24, 2.45) is 0 Å². The topological polar surface area (TPSA) is 47.9 Å². The summed E-state index contributed by atoms with van der Waals surface area (Å²) in [6.07, 6.45) is -1.29. The third kappa shape index (κ3) is 3.07. The van der Waals surface area contributed by atoms with Crippen LogP contribution in [0.1, 0.15) is 19.4 Å². The molecule has 1 aromatic rings. The molecular weight excluding hydrogens is 336 g/mol. The molecule has 0 aromatic heterocycles. The first-order valence-electron chi connectivity index (χ1n) is 7.02. The Hall–Kier alpha value is -0.720. The molecule has 1 aliphatic carbocycles. The summed E-state index contributed by atoms with van der Waals surface area (Å²) in [6.45, 7) is 4.65. The number of aliphatic hydroxyl groups is 1. The molecule has 2 aliphatic rings. The highest BCUT2D eigenvalue weighted by molar-refractivity contribution is 9.11. The van der Waals surface area contributed by atoms with Gasteiger partial charge >= 0.3 is 0 Å². The third-order valence-electron chi connectivity index (χ3n) is 3.72. The maximum atomic E-state index is 10.2. The van der Waals surface area contributed by atoms with Gasteiger partial charge in [0.15, 0.2) is 5.79 Å². The van der Waals surface area contributed by atoms with Gasteiger partial charge in [-0.3, -0.25) is 0 Å². The van der Waals surface area contributed by atoms with E-state index in [0.717, 1.165) is 15.6 Å². The van der Waals surface area contributed by atoms with E-state index >= 15 is 0 Å². The normalized spacial score (nSPS) is 30.8. The van der Waals surface area contributed by atoms with E-state index in [2.05, 4.69) is 15.9 Å². The van der Waals surface area contributed by atoms with Crippen LogP contribution < -0.4 is 0 Å². The largest absolute Gasteiger partial charge is 0.385 e. The molecule has 4 nitrogen and oxygen atoms in total. The van der Waals surface area contributed by atoms with E-state index in [1.807, 2.05) is 44.2 Å². The maximum absolute atomic E-state index is 10.2. The molecule has 1 heterocycles. The molecule has 1 N–H and O–H groups in total. The molecule has 1 aromatic carbocycles. The van der Waals surface area contributed by atoms with Gasteiger partial charge in [-0.15, -0.1) is 0 Å². The molecule has 1 saturated heterocycles. The second-order valence-corrected chi connectivity index (χ2v) is 6.67. The molecule has 0 saturated carbocycles. The number of hydrogen-bond acceptors (Lipinski definition) is 4. The van der Waals surface area contributed by atoms with Crippen LogP contribution in [0.5, 0.6) is 0 Å². The Morgan fingerprint density at radius 3 is 2.62 bits per heavy atom. The van der Waals surface area contributed by atoms with Gasteiger partial charge in [0.05, 0.1) is 13.2 Å². The molecule has 1 fully saturated rings. The fraction of sp³-hybridized carbons (Fsp3) is 0.500. The standard InChI is InChI=1S/C16H19BrO4/c1-16(2)20-14-11(12(17)13(18)15(14)21-16)9-19-8-10-6-4-3-5-7-10/h3-7,13-15,18H,8-9H2,1-2H3/t13-,14+,15-/m0/s1. The Morgan fingerprint density at radius 2 is 1.90 bits per heavy atom. The van der Waals surface area contributed by atoms with Gasteiger partial charge in [0.2, 0.25) is 0 Å². The molecule has 1 aliphatic heterocycles. The second kappa shape index (κ2) is 5.82. The number of ether oxygens (including phenoxy) is 3. The van der Waals surface area contributed by atoms with Crippen molar-refractivity contribution in [2.75, 3.05) is 6.61 Å². The molecule has 0 unspecified atom stereocenters. The van der Waals surface area contributed by atoms with Gasteiger partial charge in [0.1, 0.15) is 18.3 Å². The summed E-state index contributed by atoms with van der Waals surface area (Å²) in [5.41, 5.74) is 2.04. The summed E-state index contributed by atoms with van der Waals surface area (Å²) in [6, 6.07) is 9.99. The van der Waals surface area contributed by atoms with Gasteiger partial charge in [0, 0.05) is 4.48 Å². The number of benzene rings is 1. The van der Waals surface area contributed by atoms with Crippen LogP contribution in [0.2, 0.25) is 0 Å². The molecule has 114 valence electrons. The van der Waals surface area contributed by atoms with Crippen LogP contribution in [-0.2, 0) is 20.8 Å². The minimum absolute atomic E-state index is 0.250. The van der Waals surface area contributed by atoms with Gasteiger partial charge < -0.3 is 19.3 Å². The molecule has 0 spiro atoms. The monoisotopic (exact) mass is 354 g/mol. The minimum Gasteiger partial charge on any atom is -0.385 e. The Labute approximate surface area is 132 Å². The van der Waals surface area contributed by atoms with Crippen LogP contribution in [0.4, 0.5) is 0 Å². The van der Waals surface area contributed by atoms with Crippen molar-refractivity contribution in [2.45, 2.75) is 44.6 Å². The Morgan fingerprint density at radius 1 is 1.19 bits per heavy atom. The summed E-state index contributed by atoms with van der Waals surface area (Å²) in [5, 5.41) is 10.2. The predicted octanol–water partition coefficient (Wildman–Crippen LogP) is 2.75. The van der Waals surface area contributed by atoms with E-state index in [-0.39, 0.29) is 12.2 Å². The van der Waals surface area contributed by atoms with Crippen LogP contribution in [0.3, 0.4) is 0 Å². The fourth-order valence-corrected chi connectivity index (χ4v) is 3.36. The van der Waals surface area contributed by atoms with Crippen LogP contribution in [0, 0.1) is 0 Å². The Bertz CT molecular complexity index is 540. The van der Waals surface area contributed by atoms with E-state index in [0.29, 0.717) is 13.2 Å². The Kier molecular flexibility index (Phi) is 4.21. The van der Waals surface area contributed by atoms with Crippen LogP contribution in [0.15, 0.2) is 40.4 Å². The van der Waals surface area contributed by atoms with E-state index in [1.165, 1.54) is 0 Å². The fourth-order valence-electron chi connectivity index (χ4n) is 2.76. The maximum Gasteiger partial charge on any atom is 0.164 e. The number of hydrogen-bond donors (Lipinski definition) is 1. The minimum atomic E-state index is -0.688. The molecule has 0 bridgehead atoms. The first-order chi connectivity index (χ1) is 9.98. The summed E-state index contributed by atoms with van der Waals surface area (Å²) in [5.74, 6) is -0.672. The molecule has 21 heavy (non-hydrogen) atoms. The highest BCUT2D eigenvalue weighted by Gasteiger charge is 2.52. The van der Waals surface area contributed by atoms with Crippen LogP contribution >= 0.6 is 15.9 Å². The number of halogens is 1. The van der Waals surface area contributed by atoms with Crippen molar-refractivity contribution in [3.8, 4) is 0 Å². The zero-order valence-corrected chi connectivity index (χ0v) is 13.7. The number of aliphatic hydroxyl groups excluding tert-OH is 1. The average Bonchev–Trinajstić information content (AvgIpc) is 2.87. The SMILES string of the molecule is CC1(C)O[C@@H]2[C@H](O1)C(COCc1ccccc1)=C(Br)[C@@H]2O. The molecule has 3 rings (SSSR count). The van der Waals surface area contributed by atoms with Crippen molar-refractivity contribution in [3.05, 3.63) is 46.0 Å².